The van der Waals surface area contributed by atoms with Crippen LogP contribution in [-0.4, -0.2) is 48.8 Å². The van der Waals surface area contributed by atoms with Crippen molar-refractivity contribution in [1.29, 1.82) is 0 Å². The molecular weight excluding hydrogens is 345 g/mol. The highest BCUT2D eigenvalue weighted by Crippen LogP contribution is 2.44. The molecule has 2 saturated carbocycles. The van der Waals surface area contributed by atoms with Crippen molar-refractivity contribution in [2.75, 3.05) is 20.3 Å². The molecule has 1 heterocycles. The molecular formula is C22H30FNO3. The number of carbonyl (C=O) groups is 1. The Bertz CT molecular complexity index is 705. The van der Waals surface area contributed by atoms with Gasteiger partial charge in [-0.3, -0.25) is 4.79 Å². The van der Waals surface area contributed by atoms with Crippen molar-refractivity contribution in [2.45, 2.75) is 69.6 Å². The van der Waals surface area contributed by atoms with Gasteiger partial charge in [-0.1, -0.05) is 12.1 Å². The van der Waals surface area contributed by atoms with E-state index < -0.39 is 0 Å². The van der Waals surface area contributed by atoms with Gasteiger partial charge in [-0.2, -0.15) is 0 Å². The molecule has 4 rings (SSSR count). The molecule has 3 fully saturated rings. The molecule has 0 N–H and O–H groups in total. The minimum absolute atomic E-state index is 0.0782. The largest absolute Gasteiger partial charge is 0.378 e. The lowest BCUT2D eigenvalue weighted by molar-refractivity contribution is -0.141. The zero-order valence-electron chi connectivity index (χ0n) is 16.4. The van der Waals surface area contributed by atoms with Gasteiger partial charge in [0, 0.05) is 20.3 Å². The maximum absolute atomic E-state index is 13.5. The first-order valence-electron chi connectivity index (χ1n) is 10.2. The number of benzene rings is 1. The monoisotopic (exact) mass is 375 g/mol. The third-order valence-electron chi connectivity index (χ3n) is 6.70. The van der Waals surface area contributed by atoms with Crippen LogP contribution in [0.15, 0.2) is 18.2 Å². The van der Waals surface area contributed by atoms with Crippen LogP contribution in [0.5, 0.6) is 0 Å². The molecule has 3 aliphatic rings. The normalized spacial score (nSPS) is 30.4. The Labute approximate surface area is 161 Å². The van der Waals surface area contributed by atoms with Crippen molar-refractivity contribution < 1.29 is 18.7 Å². The summed E-state index contributed by atoms with van der Waals surface area (Å²) < 4.78 is 25.6. The molecule has 1 aromatic rings. The fraction of sp³-hybridized carbons (Fsp3) is 0.682. The Morgan fingerprint density at radius 1 is 1.30 bits per heavy atom. The first-order chi connectivity index (χ1) is 13.0. The van der Waals surface area contributed by atoms with E-state index in [9.17, 15) is 9.18 Å². The Kier molecular flexibility index (Phi) is 5.26. The van der Waals surface area contributed by atoms with Crippen LogP contribution >= 0.6 is 0 Å². The third kappa shape index (κ3) is 3.90. The van der Waals surface area contributed by atoms with E-state index in [-0.39, 0.29) is 29.5 Å². The van der Waals surface area contributed by atoms with Crippen molar-refractivity contribution in [3.8, 4) is 0 Å². The summed E-state index contributed by atoms with van der Waals surface area (Å²) in [5.41, 5.74) is 1.22. The first kappa shape index (κ1) is 18.9. The van der Waals surface area contributed by atoms with Crippen LogP contribution in [0, 0.1) is 18.7 Å². The molecule has 2 aliphatic carbocycles. The Morgan fingerprint density at radius 2 is 2.11 bits per heavy atom. The van der Waals surface area contributed by atoms with Gasteiger partial charge in [-0.25, -0.2) is 4.39 Å². The van der Waals surface area contributed by atoms with Crippen LogP contribution in [0.3, 0.4) is 0 Å². The first-order valence-corrected chi connectivity index (χ1v) is 10.2. The molecule has 4 nitrogen and oxygen atoms in total. The summed E-state index contributed by atoms with van der Waals surface area (Å²) in [6.45, 7) is 3.32. The van der Waals surface area contributed by atoms with Gasteiger partial charge in [0.1, 0.15) is 5.82 Å². The predicted octanol–water partition coefficient (Wildman–Crippen LogP) is 3.64. The Balaban J connectivity index is 1.44. The molecule has 1 aromatic carbocycles. The van der Waals surface area contributed by atoms with Crippen molar-refractivity contribution >= 4 is 5.91 Å². The summed E-state index contributed by atoms with van der Waals surface area (Å²) in [6.07, 6.45) is 6.82. The van der Waals surface area contributed by atoms with Crippen LogP contribution in [0.25, 0.3) is 0 Å². The quantitative estimate of drug-likeness (QED) is 0.762. The molecule has 0 unspecified atom stereocenters. The molecule has 27 heavy (non-hydrogen) atoms. The second kappa shape index (κ2) is 7.51. The number of fused-ring (bicyclic) bond motifs is 1. The van der Waals surface area contributed by atoms with E-state index in [0.717, 1.165) is 50.3 Å². The topological polar surface area (TPSA) is 38.8 Å². The number of hydrogen-bond acceptors (Lipinski definition) is 3. The fourth-order valence-electron chi connectivity index (χ4n) is 4.76. The van der Waals surface area contributed by atoms with Gasteiger partial charge in [-0.05, 0) is 68.6 Å². The van der Waals surface area contributed by atoms with Crippen molar-refractivity contribution in [2.24, 2.45) is 5.92 Å². The number of ether oxygens (including phenoxy) is 2. The van der Waals surface area contributed by atoms with Gasteiger partial charge in [-0.15, -0.1) is 0 Å². The van der Waals surface area contributed by atoms with E-state index in [1.807, 2.05) is 4.90 Å². The van der Waals surface area contributed by atoms with E-state index >= 15 is 0 Å². The van der Waals surface area contributed by atoms with Crippen molar-refractivity contribution in [3.63, 3.8) is 0 Å². The number of methoxy groups -OCH3 is 1. The third-order valence-corrected chi connectivity index (χ3v) is 6.70. The minimum Gasteiger partial charge on any atom is -0.378 e. The van der Waals surface area contributed by atoms with Crippen LogP contribution in [0.4, 0.5) is 4.39 Å². The number of amides is 1. The molecule has 1 aliphatic heterocycles. The summed E-state index contributed by atoms with van der Waals surface area (Å²) in [7, 11) is 1.77. The second-order valence-electron chi connectivity index (χ2n) is 8.56. The molecule has 1 amide bonds. The number of halogens is 1. The summed E-state index contributed by atoms with van der Waals surface area (Å²) in [6, 6.07) is 5.01. The second-order valence-corrected chi connectivity index (χ2v) is 8.56. The molecule has 148 valence electrons. The average molecular weight is 375 g/mol. The van der Waals surface area contributed by atoms with Gasteiger partial charge >= 0.3 is 0 Å². The lowest BCUT2D eigenvalue weighted by Gasteiger charge is -2.43. The van der Waals surface area contributed by atoms with E-state index in [4.69, 9.17) is 9.47 Å². The van der Waals surface area contributed by atoms with Gasteiger partial charge in [0.05, 0.1) is 24.2 Å². The number of aryl methyl sites for hydroxylation is 1. The van der Waals surface area contributed by atoms with Crippen molar-refractivity contribution in [1.82, 2.24) is 4.90 Å². The lowest BCUT2D eigenvalue weighted by atomic mass is 9.79. The zero-order valence-corrected chi connectivity index (χ0v) is 16.4. The SMILES string of the molecule is CO[C@@]12CC[C@@H](OCC3CC3)C[C@@H]1N(C(=O)Cc1ccc(F)c(C)c1)CC2. The molecule has 5 heteroatoms. The summed E-state index contributed by atoms with van der Waals surface area (Å²) in [4.78, 5) is 15.0. The summed E-state index contributed by atoms with van der Waals surface area (Å²) >= 11 is 0. The molecule has 0 spiro atoms. The van der Waals surface area contributed by atoms with Gasteiger partial charge < -0.3 is 14.4 Å². The van der Waals surface area contributed by atoms with E-state index in [1.165, 1.54) is 18.9 Å². The molecule has 0 bridgehead atoms. The Morgan fingerprint density at radius 3 is 2.81 bits per heavy atom. The lowest BCUT2D eigenvalue weighted by Crippen LogP contribution is -2.53. The highest BCUT2D eigenvalue weighted by molar-refractivity contribution is 5.79. The van der Waals surface area contributed by atoms with E-state index in [2.05, 4.69) is 0 Å². The standard InChI is InChI=1S/C22H30FNO3/c1-15-11-17(5-6-19(15)23)12-21(25)24-10-9-22(26-2)8-7-18(13-20(22)24)27-14-16-3-4-16/h5-6,11,16,18,20H,3-4,7-10,12-14H2,1-2H3/t18-,20+,22-/m1/s1. The number of hydrogen-bond donors (Lipinski definition) is 0. The maximum atomic E-state index is 13.5. The number of carbonyl (C=O) groups excluding carboxylic acids is 1. The Hall–Kier alpha value is -1.46. The minimum atomic E-state index is -0.228. The molecule has 0 radical (unpaired) electrons. The molecule has 3 atom stereocenters. The van der Waals surface area contributed by atoms with Gasteiger partial charge in [0.2, 0.25) is 5.91 Å². The number of nitrogens with zero attached hydrogens (tertiary/aromatic N) is 1. The highest BCUT2D eigenvalue weighted by Gasteiger charge is 2.52. The van der Waals surface area contributed by atoms with E-state index in [0.29, 0.717) is 12.0 Å². The smallest absolute Gasteiger partial charge is 0.227 e. The number of likely N-dealkylation sites (tertiary alicyclic amines) is 1. The van der Waals surface area contributed by atoms with Crippen LogP contribution in [-0.2, 0) is 20.7 Å². The van der Waals surface area contributed by atoms with E-state index in [1.54, 1.807) is 26.2 Å². The number of rotatable bonds is 6. The maximum Gasteiger partial charge on any atom is 0.227 e. The van der Waals surface area contributed by atoms with Crippen LogP contribution in [0.2, 0.25) is 0 Å². The van der Waals surface area contributed by atoms with Crippen LogP contribution < -0.4 is 0 Å². The van der Waals surface area contributed by atoms with Crippen molar-refractivity contribution in [3.05, 3.63) is 35.1 Å². The summed E-state index contributed by atoms with van der Waals surface area (Å²) in [5, 5.41) is 0. The van der Waals surface area contributed by atoms with Gasteiger partial charge in [0.15, 0.2) is 0 Å². The van der Waals surface area contributed by atoms with Crippen LogP contribution in [0.1, 0.15) is 49.7 Å². The summed E-state index contributed by atoms with van der Waals surface area (Å²) in [5.74, 6) is 0.628. The fourth-order valence-corrected chi connectivity index (χ4v) is 4.76. The molecule has 1 saturated heterocycles. The predicted molar refractivity (Wildman–Crippen MR) is 101 cm³/mol. The van der Waals surface area contributed by atoms with Gasteiger partial charge in [0.25, 0.3) is 0 Å². The molecule has 0 aromatic heterocycles. The zero-order chi connectivity index (χ0) is 19.0. The highest BCUT2D eigenvalue weighted by atomic mass is 19.1. The average Bonchev–Trinajstić information content (AvgIpc) is 3.41.